The zero-order chi connectivity index (χ0) is 9.90. The van der Waals surface area contributed by atoms with Gasteiger partial charge < -0.3 is 0 Å². The SMILES string of the molecule is FC(F)(F)[Se]Cc1ccc(I)cc1. The average Bonchev–Trinajstić information content (AvgIpc) is 2.02. The van der Waals surface area contributed by atoms with Gasteiger partial charge in [-0.05, 0) is 0 Å². The summed E-state index contributed by atoms with van der Waals surface area (Å²) < 4.78 is 36.6. The van der Waals surface area contributed by atoms with E-state index in [-0.39, 0.29) is 5.32 Å². The second-order valence-corrected chi connectivity index (χ2v) is 5.79. The molecule has 0 aliphatic heterocycles. The Bertz CT molecular complexity index is 268. The third-order valence-electron chi connectivity index (χ3n) is 1.32. The molecule has 0 saturated heterocycles. The van der Waals surface area contributed by atoms with Gasteiger partial charge in [-0.15, -0.1) is 0 Å². The molecule has 0 atom stereocenters. The summed E-state index contributed by atoms with van der Waals surface area (Å²) in [5, 5.41) is -3.86. The van der Waals surface area contributed by atoms with Gasteiger partial charge in [-0.25, -0.2) is 0 Å². The molecule has 0 aliphatic carbocycles. The van der Waals surface area contributed by atoms with Crippen LogP contribution in [0.2, 0.25) is 0 Å². The van der Waals surface area contributed by atoms with E-state index in [1.54, 1.807) is 12.1 Å². The number of rotatable bonds is 2. The number of halogens is 4. The van der Waals surface area contributed by atoms with Gasteiger partial charge in [-0.3, -0.25) is 0 Å². The maximum absolute atomic E-state index is 11.8. The third kappa shape index (κ3) is 4.88. The maximum atomic E-state index is 11.8. The fourth-order valence-corrected chi connectivity index (χ4v) is 2.20. The normalized spacial score (nSPS) is 11.7. The quantitative estimate of drug-likeness (QED) is 0.559. The van der Waals surface area contributed by atoms with Crippen molar-refractivity contribution in [3.05, 3.63) is 33.4 Å². The standard InChI is InChI=1S/C8H6F3ISe/c9-8(10,11)13-5-6-1-3-7(12)4-2-6/h1-4H,5H2. The molecule has 0 spiro atoms. The summed E-state index contributed by atoms with van der Waals surface area (Å²) in [6, 6.07) is 7.13. The third-order valence-corrected chi connectivity index (χ3v) is 3.72. The van der Waals surface area contributed by atoms with E-state index in [0.717, 1.165) is 9.13 Å². The Labute approximate surface area is 94.2 Å². The number of alkyl halides is 3. The van der Waals surface area contributed by atoms with Crippen LogP contribution >= 0.6 is 22.6 Å². The molecule has 0 saturated carbocycles. The van der Waals surface area contributed by atoms with Crippen molar-refractivity contribution in [2.45, 2.75) is 10.4 Å². The molecule has 0 bridgehead atoms. The summed E-state index contributed by atoms with van der Waals surface area (Å²) in [6.45, 7) is 0. The molecule has 1 aromatic carbocycles. The van der Waals surface area contributed by atoms with Gasteiger partial charge in [0.2, 0.25) is 0 Å². The average molecular weight is 365 g/mol. The van der Waals surface area contributed by atoms with Crippen LogP contribution in [0.25, 0.3) is 0 Å². The Morgan fingerprint density at radius 1 is 1.15 bits per heavy atom. The van der Waals surface area contributed by atoms with Gasteiger partial charge in [0.15, 0.2) is 0 Å². The van der Waals surface area contributed by atoms with Gasteiger partial charge in [0.1, 0.15) is 0 Å². The summed E-state index contributed by atoms with van der Waals surface area (Å²) in [4.78, 5) is 0. The molecule has 0 aliphatic rings. The molecule has 13 heavy (non-hydrogen) atoms. The van der Waals surface area contributed by atoms with Crippen LogP contribution in [0.15, 0.2) is 24.3 Å². The first-order chi connectivity index (χ1) is 5.97. The van der Waals surface area contributed by atoms with Gasteiger partial charge in [0.25, 0.3) is 0 Å². The first kappa shape index (κ1) is 11.3. The molecular weight excluding hydrogens is 359 g/mol. The molecule has 0 aromatic heterocycles. The molecule has 0 amide bonds. The molecule has 0 unspecified atom stereocenters. The second-order valence-electron chi connectivity index (χ2n) is 2.36. The monoisotopic (exact) mass is 366 g/mol. The summed E-state index contributed by atoms with van der Waals surface area (Å²) >= 11 is 0.832. The molecule has 0 radical (unpaired) electrons. The van der Waals surface area contributed by atoms with E-state index in [4.69, 9.17) is 0 Å². The van der Waals surface area contributed by atoms with E-state index in [0.29, 0.717) is 0 Å². The Hall–Kier alpha value is 0.259. The van der Waals surface area contributed by atoms with Crippen LogP contribution in [-0.2, 0) is 5.32 Å². The van der Waals surface area contributed by atoms with Crippen LogP contribution in [0.3, 0.4) is 0 Å². The fraction of sp³-hybridized carbons (Fsp3) is 0.250. The molecule has 1 aromatic rings. The van der Waals surface area contributed by atoms with Crippen molar-refractivity contribution >= 4 is 37.5 Å². The molecule has 0 fully saturated rings. The zero-order valence-corrected chi connectivity index (χ0v) is 10.3. The van der Waals surface area contributed by atoms with Crippen LogP contribution in [0.5, 0.6) is 0 Å². The van der Waals surface area contributed by atoms with Crippen LogP contribution in [0.4, 0.5) is 13.2 Å². The number of hydrogen-bond acceptors (Lipinski definition) is 0. The van der Waals surface area contributed by atoms with Gasteiger partial charge in [-0.1, -0.05) is 0 Å². The predicted octanol–water partition coefficient (Wildman–Crippen LogP) is 3.02. The summed E-state index contributed by atoms with van der Waals surface area (Å²) in [6.07, 6.45) is 0. The molecule has 0 heterocycles. The van der Waals surface area contributed by atoms with Crippen molar-refractivity contribution in [2.24, 2.45) is 0 Å². The van der Waals surface area contributed by atoms with Crippen LogP contribution < -0.4 is 0 Å². The minimum absolute atomic E-state index is 0.132. The molecule has 0 N–H and O–H groups in total. The van der Waals surface area contributed by atoms with E-state index >= 15 is 0 Å². The number of benzene rings is 1. The van der Waals surface area contributed by atoms with E-state index in [2.05, 4.69) is 22.6 Å². The summed E-state index contributed by atoms with van der Waals surface area (Å²) in [5.41, 5.74) is 0.762. The van der Waals surface area contributed by atoms with Crippen molar-refractivity contribution in [3.8, 4) is 0 Å². The molecule has 72 valence electrons. The molecule has 1 rings (SSSR count). The minimum atomic E-state index is -3.99. The van der Waals surface area contributed by atoms with Crippen LogP contribution in [0.1, 0.15) is 5.56 Å². The van der Waals surface area contributed by atoms with Crippen molar-refractivity contribution in [2.75, 3.05) is 0 Å². The van der Waals surface area contributed by atoms with Crippen molar-refractivity contribution in [1.82, 2.24) is 0 Å². The van der Waals surface area contributed by atoms with Gasteiger partial charge in [0.05, 0.1) is 0 Å². The topological polar surface area (TPSA) is 0 Å². The first-order valence-corrected chi connectivity index (χ1v) is 6.57. The van der Waals surface area contributed by atoms with Crippen molar-refractivity contribution in [3.63, 3.8) is 0 Å². The molecule has 0 nitrogen and oxygen atoms in total. The number of hydrogen-bond donors (Lipinski definition) is 0. The molecule has 5 heteroatoms. The second kappa shape index (κ2) is 4.66. The fourth-order valence-electron chi connectivity index (χ4n) is 0.746. The summed E-state index contributed by atoms with van der Waals surface area (Å²) in [7, 11) is 0. The first-order valence-electron chi connectivity index (χ1n) is 3.42. The van der Waals surface area contributed by atoms with Gasteiger partial charge in [-0.2, -0.15) is 0 Å². The van der Waals surface area contributed by atoms with Gasteiger partial charge in [0, 0.05) is 0 Å². The van der Waals surface area contributed by atoms with Crippen LogP contribution in [0, 0.1) is 3.57 Å². The summed E-state index contributed by atoms with van der Waals surface area (Å²) in [5.74, 6) is 0. The van der Waals surface area contributed by atoms with Gasteiger partial charge >= 0.3 is 94.5 Å². The van der Waals surface area contributed by atoms with E-state index < -0.39 is 20.0 Å². The Kier molecular flexibility index (Phi) is 4.06. The van der Waals surface area contributed by atoms with E-state index in [9.17, 15) is 13.2 Å². The van der Waals surface area contributed by atoms with Crippen LogP contribution in [-0.4, -0.2) is 20.0 Å². The zero-order valence-electron chi connectivity index (χ0n) is 6.44. The predicted molar refractivity (Wildman–Crippen MR) is 54.7 cm³/mol. The molecular formula is C8H6F3ISe. The van der Waals surface area contributed by atoms with E-state index in [1.807, 2.05) is 12.1 Å². The Balaban J connectivity index is 2.51. The van der Waals surface area contributed by atoms with Crippen molar-refractivity contribution < 1.29 is 13.2 Å². The Morgan fingerprint density at radius 3 is 2.15 bits per heavy atom. The van der Waals surface area contributed by atoms with Crippen molar-refractivity contribution in [1.29, 1.82) is 0 Å². The van der Waals surface area contributed by atoms with E-state index in [1.165, 1.54) is 0 Å². The Morgan fingerprint density at radius 2 is 1.69 bits per heavy atom.